The summed E-state index contributed by atoms with van der Waals surface area (Å²) in [4.78, 5) is 9.93. The minimum atomic E-state index is -4.11. The molecule has 0 aliphatic heterocycles. The van der Waals surface area contributed by atoms with Crippen LogP contribution in [0.1, 0.15) is 5.56 Å². The molecular formula is C10H12FNO4S. The van der Waals surface area contributed by atoms with Crippen LogP contribution >= 0.6 is 0 Å². The van der Waals surface area contributed by atoms with Crippen molar-refractivity contribution < 1.29 is 22.7 Å². The smallest absolute Gasteiger partial charge is 0.318 e. The molecule has 17 heavy (non-hydrogen) atoms. The van der Waals surface area contributed by atoms with Crippen molar-refractivity contribution >= 4 is 16.0 Å². The molecule has 5 nitrogen and oxygen atoms in total. The highest BCUT2D eigenvalue weighted by molar-refractivity contribution is 7.89. The predicted octanol–water partition coefficient (Wildman–Crippen LogP) is 0.839. The molecule has 0 aromatic heterocycles. The highest BCUT2D eigenvalue weighted by atomic mass is 32.2. The maximum atomic E-state index is 13.6. The van der Waals surface area contributed by atoms with Gasteiger partial charge in [0, 0.05) is 7.05 Å². The van der Waals surface area contributed by atoms with Gasteiger partial charge in [-0.3, -0.25) is 4.79 Å². The van der Waals surface area contributed by atoms with Crippen molar-refractivity contribution in [1.82, 2.24) is 4.31 Å². The maximum Gasteiger partial charge on any atom is 0.318 e. The first kappa shape index (κ1) is 13.6. The van der Waals surface area contributed by atoms with Crippen LogP contribution in [0, 0.1) is 12.7 Å². The van der Waals surface area contributed by atoms with E-state index < -0.39 is 33.3 Å². The molecule has 0 saturated carbocycles. The van der Waals surface area contributed by atoms with Crippen LogP contribution in [0.15, 0.2) is 23.1 Å². The van der Waals surface area contributed by atoms with Crippen molar-refractivity contribution in [1.29, 1.82) is 0 Å². The summed E-state index contributed by atoms with van der Waals surface area (Å²) in [5, 5.41) is 8.52. The van der Waals surface area contributed by atoms with E-state index in [4.69, 9.17) is 5.11 Å². The van der Waals surface area contributed by atoms with Gasteiger partial charge in [0.25, 0.3) is 0 Å². The van der Waals surface area contributed by atoms with Crippen LogP contribution in [0.4, 0.5) is 4.39 Å². The molecule has 0 heterocycles. The first-order valence-electron chi connectivity index (χ1n) is 4.70. The van der Waals surface area contributed by atoms with Crippen molar-refractivity contribution in [2.45, 2.75) is 11.8 Å². The molecule has 0 saturated heterocycles. The second-order valence-corrected chi connectivity index (χ2v) is 5.56. The lowest BCUT2D eigenvalue weighted by Gasteiger charge is -2.15. The summed E-state index contributed by atoms with van der Waals surface area (Å²) in [6.45, 7) is 0.723. The van der Waals surface area contributed by atoms with Crippen molar-refractivity contribution in [3.8, 4) is 0 Å². The Hall–Kier alpha value is -1.47. The summed E-state index contributed by atoms with van der Waals surface area (Å²) in [6, 6.07) is 3.95. The van der Waals surface area contributed by atoms with Gasteiger partial charge in [-0.2, -0.15) is 4.31 Å². The van der Waals surface area contributed by atoms with Crippen molar-refractivity contribution in [3.63, 3.8) is 0 Å². The van der Waals surface area contributed by atoms with Gasteiger partial charge < -0.3 is 5.11 Å². The third-order valence-corrected chi connectivity index (χ3v) is 4.02. The third kappa shape index (κ3) is 2.80. The highest BCUT2D eigenvalue weighted by Gasteiger charge is 2.26. The zero-order valence-corrected chi connectivity index (χ0v) is 10.2. The number of benzene rings is 1. The Morgan fingerprint density at radius 2 is 2.06 bits per heavy atom. The van der Waals surface area contributed by atoms with E-state index in [0.29, 0.717) is 4.31 Å². The average Bonchev–Trinajstić information content (AvgIpc) is 2.20. The maximum absolute atomic E-state index is 13.6. The molecule has 1 aromatic carbocycles. The van der Waals surface area contributed by atoms with E-state index in [2.05, 4.69) is 0 Å². The number of aliphatic carboxylic acids is 1. The molecule has 0 unspecified atom stereocenters. The summed E-state index contributed by atoms with van der Waals surface area (Å²) in [5.74, 6) is -2.16. The van der Waals surface area contributed by atoms with Crippen LogP contribution in [0.3, 0.4) is 0 Å². The van der Waals surface area contributed by atoms with Crippen LogP contribution in [-0.4, -0.2) is 37.4 Å². The van der Waals surface area contributed by atoms with Crippen molar-refractivity contribution in [2.75, 3.05) is 13.6 Å². The number of likely N-dealkylation sites (N-methyl/N-ethyl adjacent to an activating group) is 1. The minimum Gasteiger partial charge on any atom is -0.480 e. The van der Waals surface area contributed by atoms with Crippen LogP contribution in [0.5, 0.6) is 0 Å². The minimum absolute atomic E-state index is 0.190. The Labute approximate surface area is 98.5 Å². The van der Waals surface area contributed by atoms with Crippen LogP contribution in [0.25, 0.3) is 0 Å². The Kier molecular flexibility index (Phi) is 3.84. The number of hydrogen-bond acceptors (Lipinski definition) is 3. The number of aryl methyl sites for hydroxylation is 1. The van der Waals surface area contributed by atoms with Crippen LogP contribution < -0.4 is 0 Å². The fourth-order valence-electron chi connectivity index (χ4n) is 1.26. The predicted molar refractivity (Wildman–Crippen MR) is 58.6 cm³/mol. The number of sulfonamides is 1. The Morgan fingerprint density at radius 1 is 1.47 bits per heavy atom. The van der Waals surface area contributed by atoms with E-state index in [1.54, 1.807) is 0 Å². The Bertz CT molecular complexity index is 541. The molecular weight excluding hydrogens is 249 g/mol. The number of rotatable bonds is 4. The number of carboxylic acid groups (broad SMARTS) is 1. The van der Waals surface area contributed by atoms with Crippen LogP contribution in [-0.2, 0) is 14.8 Å². The van der Waals surface area contributed by atoms with Gasteiger partial charge in [0.05, 0.1) is 0 Å². The zero-order valence-electron chi connectivity index (χ0n) is 9.34. The van der Waals surface area contributed by atoms with E-state index in [1.165, 1.54) is 19.1 Å². The molecule has 0 bridgehead atoms. The van der Waals surface area contributed by atoms with Gasteiger partial charge in [0.15, 0.2) is 0 Å². The lowest BCUT2D eigenvalue weighted by atomic mass is 10.2. The summed E-state index contributed by atoms with van der Waals surface area (Å²) in [7, 11) is -3.02. The van der Waals surface area contributed by atoms with E-state index in [9.17, 15) is 17.6 Å². The van der Waals surface area contributed by atoms with Gasteiger partial charge in [0.2, 0.25) is 10.0 Å². The van der Waals surface area contributed by atoms with Crippen molar-refractivity contribution in [3.05, 3.63) is 29.6 Å². The van der Waals surface area contributed by atoms with Crippen molar-refractivity contribution in [2.24, 2.45) is 0 Å². The first-order valence-corrected chi connectivity index (χ1v) is 6.14. The highest BCUT2D eigenvalue weighted by Crippen LogP contribution is 2.20. The lowest BCUT2D eigenvalue weighted by Crippen LogP contribution is -2.32. The molecule has 7 heteroatoms. The molecule has 0 spiro atoms. The standard InChI is InChI=1S/C10H12FNO4S/c1-7-4-3-5-8(10(7)11)17(15,16)12(2)6-9(13)14/h3-5H,6H2,1-2H3,(H,13,14). The normalized spacial score (nSPS) is 11.8. The molecule has 0 fully saturated rings. The first-order chi connectivity index (χ1) is 7.76. The Morgan fingerprint density at radius 3 is 2.59 bits per heavy atom. The molecule has 1 N–H and O–H groups in total. The fourth-order valence-corrected chi connectivity index (χ4v) is 2.52. The molecule has 0 aliphatic carbocycles. The molecule has 0 atom stereocenters. The SMILES string of the molecule is Cc1cccc(S(=O)(=O)N(C)CC(=O)O)c1F. The van der Waals surface area contributed by atoms with E-state index in [1.807, 2.05) is 0 Å². The van der Waals surface area contributed by atoms with Gasteiger partial charge >= 0.3 is 5.97 Å². The quantitative estimate of drug-likeness (QED) is 0.871. The monoisotopic (exact) mass is 261 g/mol. The largest absolute Gasteiger partial charge is 0.480 e. The number of nitrogens with zero attached hydrogens (tertiary/aromatic N) is 1. The molecule has 1 rings (SSSR count). The molecule has 0 amide bonds. The summed E-state index contributed by atoms with van der Waals surface area (Å²) in [5.41, 5.74) is 0.190. The van der Waals surface area contributed by atoms with Gasteiger partial charge in [-0.1, -0.05) is 12.1 Å². The number of hydrogen-bond donors (Lipinski definition) is 1. The summed E-state index contributed by atoms with van der Waals surface area (Å²) >= 11 is 0. The van der Waals surface area contributed by atoms with E-state index in [0.717, 1.165) is 13.1 Å². The van der Waals surface area contributed by atoms with Gasteiger partial charge in [-0.15, -0.1) is 0 Å². The number of carboxylic acids is 1. The van der Waals surface area contributed by atoms with Gasteiger partial charge in [-0.25, -0.2) is 12.8 Å². The van der Waals surface area contributed by atoms with Gasteiger partial charge in [0.1, 0.15) is 17.3 Å². The summed E-state index contributed by atoms with van der Waals surface area (Å²) < 4.78 is 38.0. The second-order valence-electron chi connectivity index (χ2n) is 3.54. The third-order valence-electron chi connectivity index (χ3n) is 2.20. The van der Waals surface area contributed by atoms with Crippen LogP contribution in [0.2, 0.25) is 0 Å². The summed E-state index contributed by atoms with van der Waals surface area (Å²) in [6.07, 6.45) is 0. The molecule has 0 aliphatic rings. The number of halogens is 1. The van der Waals surface area contributed by atoms with E-state index in [-0.39, 0.29) is 5.56 Å². The average molecular weight is 261 g/mol. The fraction of sp³-hybridized carbons (Fsp3) is 0.300. The Balaban J connectivity index is 3.22. The topological polar surface area (TPSA) is 74.7 Å². The molecule has 1 aromatic rings. The van der Waals surface area contributed by atoms with Gasteiger partial charge in [-0.05, 0) is 18.6 Å². The lowest BCUT2D eigenvalue weighted by molar-refractivity contribution is -0.137. The molecule has 94 valence electrons. The molecule has 0 radical (unpaired) electrons. The zero-order chi connectivity index (χ0) is 13.2. The number of carbonyl (C=O) groups is 1. The second kappa shape index (κ2) is 4.80. The van der Waals surface area contributed by atoms with E-state index >= 15 is 0 Å².